The van der Waals surface area contributed by atoms with Gasteiger partial charge >= 0.3 is 0 Å². The van der Waals surface area contributed by atoms with Crippen molar-refractivity contribution in [3.8, 4) is 5.69 Å². The van der Waals surface area contributed by atoms with Crippen LogP contribution < -0.4 is 10.9 Å². The number of H-pyrrole nitrogens is 1. The molecule has 4 heterocycles. The van der Waals surface area contributed by atoms with Gasteiger partial charge in [0.15, 0.2) is 5.82 Å². The lowest BCUT2D eigenvalue weighted by Gasteiger charge is -2.21. The molecule has 0 saturated carbocycles. The minimum absolute atomic E-state index is 0.278. The molecule has 0 fully saturated rings. The van der Waals surface area contributed by atoms with E-state index in [0.717, 1.165) is 0 Å². The van der Waals surface area contributed by atoms with E-state index in [9.17, 15) is 9.90 Å². The third-order valence-corrected chi connectivity index (χ3v) is 5.60. The van der Waals surface area contributed by atoms with Gasteiger partial charge in [0.25, 0.3) is 5.56 Å². The number of aromatic amines is 1. The Labute approximate surface area is 177 Å². The summed E-state index contributed by atoms with van der Waals surface area (Å²) in [5.74, 6) is 0.708. The molecule has 0 amide bonds. The molecule has 10 nitrogen and oxygen atoms in total. The number of aliphatic hydroxyl groups excluding tert-OH is 1. The summed E-state index contributed by atoms with van der Waals surface area (Å²) in [6, 6.07) is 4.28. The van der Waals surface area contributed by atoms with Crippen molar-refractivity contribution in [3.63, 3.8) is 0 Å². The van der Waals surface area contributed by atoms with Crippen LogP contribution in [0.5, 0.6) is 0 Å². The van der Waals surface area contributed by atoms with Gasteiger partial charge in [-0.1, -0.05) is 17.7 Å². The highest BCUT2D eigenvalue weighted by Crippen LogP contribution is 2.27. The summed E-state index contributed by atoms with van der Waals surface area (Å²) in [6.45, 7) is -0.355. The summed E-state index contributed by atoms with van der Waals surface area (Å²) in [5.41, 5.74) is 2.75. The fourth-order valence-electron chi connectivity index (χ4n) is 3.21. The van der Waals surface area contributed by atoms with Crippen LogP contribution in [0.25, 0.3) is 26.9 Å². The molecule has 1 unspecified atom stereocenters. The molecule has 4 aromatic heterocycles. The van der Waals surface area contributed by atoms with E-state index in [2.05, 4.69) is 35.5 Å². The van der Waals surface area contributed by atoms with Gasteiger partial charge in [0.1, 0.15) is 28.5 Å². The molecule has 1 atom stereocenters. The molecule has 0 aliphatic carbocycles. The second-order valence-corrected chi connectivity index (χ2v) is 7.55. The topological polar surface area (TPSA) is 134 Å². The molecule has 0 saturated heterocycles. The van der Waals surface area contributed by atoms with Gasteiger partial charge in [-0.25, -0.2) is 19.9 Å². The van der Waals surface area contributed by atoms with Crippen LogP contribution >= 0.6 is 22.9 Å². The maximum Gasteiger partial charge on any atom is 0.267 e. The van der Waals surface area contributed by atoms with Crippen LogP contribution in [0.15, 0.2) is 47.2 Å². The monoisotopic (exact) mass is 440 g/mol. The Bertz CT molecular complexity index is 1420. The van der Waals surface area contributed by atoms with E-state index in [0.29, 0.717) is 32.4 Å². The van der Waals surface area contributed by atoms with E-state index < -0.39 is 6.04 Å². The van der Waals surface area contributed by atoms with Crippen LogP contribution in [0.4, 0.5) is 5.82 Å². The van der Waals surface area contributed by atoms with E-state index in [1.807, 2.05) is 0 Å². The zero-order valence-corrected chi connectivity index (χ0v) is 16.7. The predicted molar refractivity (Wildman–Crippen MR) is 113 cm³/mol. The number of anilines is 1. The predicted octanol–water partition coefficient (Wildman–Crippen LogP) is 2.31. The number of aliphatic hydroxyl groups is 1. The average molecular weight is 441 g/mol. The van der Waals surface area contributed by atoms with Crippen molar-refractivity contribution >= 4 is 50.0 Å². The molecule has 0 aliphatic heterocycles. The fraction of sp³-hybridized carbons (Fsp3) is 0.111. The van der Waals surface area contributed by atoms with E-state index in [-0.39, 0.29) is 23.4 Å². The summed E-state index contributed by atoms with van der Waals surface area (Å²) >= 11 is 7.65. The van der Waals surface area contributed by atoms with Crippen LogP contribution in [0.3, 0.4) is 0 Å². The zero-order chi connectivity index (χ0) is 20.7. The Kier molecular flexibility index (Phi) is 4.62. The summed E-state index contributed by atoms with van der Waals surface area (Å²) < 4.78 is 1.37. The first-order chi connectivity index (χ1) is 14.7. The van der Waals surface area contributed by atoms with Crippen molar-refractivity contribution in [1.29, 1.82) is 0 Å². The number of benzene rings is 1. The molecule has 3 N–H and O–H groups in total. The van der Waals surface area contributed by atoms with Gasteiger partial charge in [-0.3, -0.25) is 14.5 Å². The van der Waals surface area contributed by atoms with Gasteiger partial charge in [-0.15, -0.1) is 11.3 Å². The lowest BCUT2D eigenvalue weighted by atomic mass is 10.2. The summed E-state index contributed by atoms with van der Waals surface area (Å²) in [6.07, 6.45) is 4.47. The molecule has 150 valence electrons. The minimum Gasteiger partial charge on any atom is -0.394 e. The van der Waals surface area contributed by atoms with Crippen molar-refractivity contribution in [3.05, 3.63) is 63.6 Å². The van der Waals surface area contributed by atoms with Crippen LogP contribution in [0.1, 0.15) is 11.9 Å². The maximum absolute atomic E-state index is 13.4. The number of nitrogens with zero attached hydrogens (tertiary/aromatic N) is 6. The van der Waals surface area contributed by atoms with Crippen LogP contribution in [0.2, 0.25) is 5.02 Å². The Morgan fingerprint density at radius 1 is 1.30 bits per heavy atom. The molecule has 0 radical (unpaired) electrons. The van der Waals surface area contributed by atoms with Crippen LogP contribution in [-0.2, 0) is 0 Å². The number of nitrogens with one attached hydrogen (secondary N) is 2. The molecular weight excluding hydrogens is 428 g/mol. The molecule has 0 bridgehead atoms. The standard InChI is InChI=1S/C18H13ClN8O2S/c19-10-2-1-3-11-13(10)18(29)27(9-4-23-24-5-9)16(26-11)12(6-28)25-15-14-17(21-7-20-15)30-8-22-14/h1-5,7-8,12,28H,6H2,(H,23,24)(H,20,21,25). The van der Waals surface area contributed by atoms with Crippen LogP contribution in [-0.4, -0.2) is 46.4 Å². The quantitative estimate of drug-likeness (QED) is 0.379. The summed E-state index contributed by atoms with van der Waals surface area (Å²) in [7, 11) is 0. The molecule has 30 heavy (non-hydrogen) atoms. The lowest BCUT2D eigenvalue weighted by Crippen LogP contribution is -2.30. The molecule has 0 aliphatic rings. The summed E-state index contributed by atoms with van der Waals surface area (Å²) in [4.78, 5) is 31.4. The van der Waals surface area contributed by atoms with Crippen molar-refractivity contribution in [2.24, 2.45) is 0 Å². The number of aromatic nitrogens is 7. The third kappa shape index (κ3) is 3.00. The normalized spacial score (nSPS) is 12.5. The molecule has 5 aromatic rings. The van der Waals surface area contributed by atoms with Crippen LogP contribution in [0, 0.1) is 0 Å². The number of hydrogen-bond donors (Lipinski definition) is 3. The highest BCUT2D eigenvalue weighted by molar-refractivity contribution is 7.16. The van der Waals surface area contributed by atoms with Crippen molar-refractivity contribution < 1.29 is 5.11 Å². The first-order valence-corrected chi connectivity index (χ1v) is 10.0. The molecule has 5 rings (SSSR count). The number of fused-ring (bicyclic) bond motifs is 2. The fourth-order valence-corrected chi connectivity index (χ4v) is 4.09. The SMILES string of the molecule is O=c1c2c(Cl)cccc2nc(C(CO)Nc2ncnc3scnc23)n1-c1cn[nH]c1. The average Bonchev–Trinajstić information content (AvgIpc) is 3.44. The van der Waals surface area contributed by atoms with E-state index in [1.54, 1.807) is 29.9 Å². The maximum atomic E-state index is 13.4. The number of hydrogen-bond acceptors (Lipinski definition) is 9. The molecular formula is C18H13ClN8O2S. The van der Waals surface area contributed by atoms with Gasteiger partial charge in [0.2, 0.25) is 0 Å². The second kappa shape index (κ2) is 7.44. The largest absolute Gasteiger partial charge is 0.394 e. The lowest BCUT2D eigenvalue weighted by molar-refractivity contribution is 0.270. The van der Waals surface area contributed by atoms with Crippen molar-refractivity contribution in [2.75, 3.05) is 11.9 Å². The number of rotatable bonds is 5. The van der Waals surface area contributed by atoms with Gasteiger partial charge in [-0.2, -0.15) is 5.10 Å². The Hall–Kier alpha value is -3.41. The van der Waals surface area contributed by atoms with Gasteiger partial charge in [-0.05, 0) is 12.1 Å². The molecule has 0 spiro atoms. The van der Waals surface area contributed by atoms with Gasteiger partial charge in [0, 0.05) is 6.20 Å². The van der Waals surface area contributed by atoms with Gasteiger partial charge < -0.3 is 10.4 Å². The van der Waals surface area contributed by atoms with E-state index in [4.69, 9.17) is 11.6 Å². The first-order valence-electron chi connectivity index (χ1n) is 8.79. The van der Waals surface area contributed by atoms with E-state index in [1.165, 1.54) is 28.4 Å². The third-order valence-electron chi connectivity index (χ3n) is 4.55. The Balaban J connectivity index is 1.73. The molecule has 12 heteroatoms. The zero-order valence-electron chi connectivity index (χ0n) is 15.2. The Morgan fingerprint density at radius 2 is 2.20 bits per heavy atom. The van der Waals surface area contributed by atoms with Crippen molar-refractivity contribution in [1.82, 2.24) is 34.7 Å². The highest BCUT2D eigenvalue weighted by atomic mass is 35.5. The van der Waals surface area contributed by atoms with Crippen molar-refractivity contribution in [2.45, 2.75) is 6.04 Å². The Morgan fingerprint density at radius 3 is 3.00 bits per heavy atom. The smallest absolute Gasteiger partial charge is 0.267 e. The highest BCUT2D eigenvalue weighted by Gasteiger charge is 2.23. The van der Waals surface area contributed by atoms with Gasteiger partial charge in [0.05, 0.1) is 39.9 Å². The second-order valence-electron chi connectivity index (χ2n) is 6.31. The first kappa shape index (κ1) is 18.6. The van der Waals surface area contributed by atoms with E-state index >= 15 is 0 Å². The minimum atomic E-state index is -0.768. The number of thiazole rings is 1. The molecule has 1 aromatic carbocycles. The summed E-state index contributed by atoms with van der Waals surface area (Å²) in [5, 5.41) is 20.5. The number of halogens is 1.